The molecule has 16 heavy (non-hydrogen) atoms. The van der Waals surface area contributed by atoms with E-state index in [4.69, 9.17) is 23.1 Å². The third kappa shape index (κ3) is 3.18. The van der Waals surface area contributed by atoms with Crippen LogP contribution in [0, 0.1) is 12.3 Å². The predicted octanol–water partition coefficient (Wildman–Crippen LogP) is 2.86. The summed E-state index contributed by atoms with van der Waals surface area (Å²) in [5, 5.41) is 12.5. The van der Waals surface area contributed by atoms with Crippen LogP contribution in [0.25, 0.3) is 0 Å². The molecule has 0 radical (unpaired) electrons. The lowest BCUT2D eigenvalue weighted by Crippen LogP contribution is -2.16. The number of carbonyl (C=O) groups is 1. The van der Waals surface area contributed by atoms with Crippen molar-refractivity contribution >= 4 is 23.3 Å². The van der Waals surface area contributed by atoms with E-state index in [0.717, 1.165) is 0 Å². The average Bonchev–Trinajstić information content (AvgIpc) is 2.17. The number of hydrogen-bond donors (Lipinski definition) is 2. The summed E-state index contributed by atoms with van der Waals surface area (Å²) in [4.78, 5) is 10.9. The molecule has 1 aromatic rings. The van der Waals surface area contributed by atoms with E-state index in [9.17, 15) is 4.79 Å². The number of carboxylic acid groups (broad SMARTS) is 1. The number of nitrogens with one attached hydrogen (secondary N) is 1. The molecule has 4 heteroatoms. The minimum atomic E-state index is -0.993. The Kier molecular flexibility index (Phi) is 4.21. The molecule has 1 atom stereocenters. The molecular formula is C12H12ClNO2. The van der Waals surface area contributed by atoms with Crippen LogP contribution in [0.2, 0.25) is 5.02 Å². The van der Waals surface area contributed by atoms with Crippen molar-refractivity contribution in [3.05, 3.63) is 28.8 Å². The van der Waals surface area contributed by atoms with Crippen LogP contribution in [-0.4, -0.2) is 17.1 Å². The Morgan fingerprint density at radius 1 is 1.69 bits per heavy atom. The number of halogens is 1. The van der Waals surface area contributed by atoms with Gasteiger partial charge in [0, 0.05) is 17.5 Å². The third-order valence-electron chi connectivity index (χ3n) is 2.04. The first-order valence-corrected chi connectivity index (χ1v) is 5.15. The maximum Gasteiger partial charge on any atom is 0.337 e. The molecule has 0 fully saturated rings. The first kappa shape index (κ1) is 12.4. The van der Waals surface area contributed by atoms with Crippen molar-refractivity contribution in [2.45, 2.75) is 19.4 Å². The van der Waals surface area contributed by atoms with Gasteiger partial charge in [-0.15, -0.1) is 12.3 Å². The molecule has 0 heterocycles. The molecule has 3 nitrogen and oxygen atoms in total. The number of anilines is 1. The monoisotopic (exact) mass is 237 g/mol. The highest BCUT2D eigenvalue weighted by Gasteiger charge is 2.11. The normalized spacial score (nSPS) is 11.6. The second-order valence-corrected chi connectivity index (χ2v) is 3.89. The highest BCUT2D eigenvalue weighted by molar-refractivity contribution is 6.31. The topological polar surface area (TPSA) is 49.3 Å². The molecule has 0 aromatic heterocycles. The van der Waals surface area contributed by atoms with E-state index in [1.54, 1.807) is 12.1 Å². The number of terminal acetylenes is 1. The molecule has 0 aliphatic carbocycles. The molecule has 0 amide bonds. The van der Waals surface area contributed by atoms with Crippen LogP contribution in [0.15, 0.2) is 18.2 Å². The molecule has 0 spiro atoms. The van der Waals surface area contributed by atoms with Gasteiger partial charge in [-0.1, -0.05) is 11.6 Å². The highest BCUT2D eigenvalue weighted by atomic mass is 35.5. The van der Waals surface area contributed by atoms with Gasteiger partial charge in [-0.3, -0.25) is 0 Å². The Bertz CT molecular complexity index is 437. The quantitative estimate of drug-likeness (QED) is 0.792. The number of benzene rings is 1. The van der Waals surface area contributed by atoms with Crippen molar-refractivity contribution in [2.75, 3.05) is 5.32 Å². The van der Waals surface area contributed by atoms with E-state index >= 15 is 0 Å². The zero-order chi connectivity index (χ0) is 12.1. The summed E-state index contributed by atoms with van der Waals surface area (Å²) in [5.74, 6) is 1.51. The van der Waals surface area contributed by atoms with Crippen LogP contribution in [-0.2, 0) is 0 Å². The van der Waals surface area contributed by atoms with Crippen molar-refractivity contribution in [2.24, 2.45) is 0 Å². The SMILES string of the molecule is C#CCC(C)Nc1cc(Cl)ccc1C(=O)O. The largest absolute Gasteiger partial charge is 0.478 e. The van der Waals surface area contributed by atoms with Gasteiger partial charge in [0.1, 0.15) is 0 Å². The lowest BCUT2D eigenvalue weighted by atomic mass is 10.1. The van der Waals surface area contributed by atoms with Gasteiger partial charge in [-0.05, 0) is 25.1 Å². The smallest absolute Gasteiger partial charge is 0.337 e. The average molecular weight is 238 g/mol. The van der Waals surface area contributed by atoms with E-state index in [-0.39, 0.29) is 11.6 Å². The predicted molar refractivity (Wildman–Crippen MR) is 64.9 cm³/mol. The Morgan fingerprint density at radius 3 is 2.94 bits per heavy atom. The van der Waals surface area contributed by atoms with Gasteiger partial charge in [0.05, 0.1) is 11.3 Å². The number of carboxylic acids is 1. The summed E-state index contributed by atoms with van der Waals surface area (Å²) in [5.41, 5.74) is 0.677. The van der Waals surface area contributed by atoms with Gasteiger partial charge < -0.3 is 10.4 Å². The molecule has 0 saturated carbocycles. The van der Waals surface area contributed by atoms with Crippen molar-refractivity contribution in [3.8, 4) is 12.3 Å². The van der Waals surface area contributed by atoms with E-state index in [2.05, 4.69) is 11.2 Å². The zero-order valence-corrected chi connectivity index (χ0v) is 9.58. The van der Waals surface area contributed by atoms with Crippen LogP contribution >= 0.6 is 11.6 Å². The van der Waals surface area contributed by atoms with Gasteiger partial charge in [-0.2, -0.15) is 0 Å². The molecule has 0 saturated heterocycles. The highest BCUT2D eigenvalue weighted by Crippen LogP contribution is 2.22. The summed E-state index contributed by atoms with van der Waals surface area (Å²) >= 11 is 5.81. The summed E-state index contributed by atoms with van der Waals surface area (Å²) in [6.45, 7) is 1.88. The molecule has 1 unspecified atom stereocenters. The van der Waals surface area contributed by atoms with Gasteiger partial charge >= 0.3 is 5.97 Å². The Hall–Kier alpha value is -1.66. The van der Waals surface area contributed by atoms with Crippen LogP contribution in [0.5, 0.6) is 0 Å². The van der Waals surface area contributed by atoms with Gasteiger partial charge in [0.15, 0.2) is 0 Å². The first-order chi connectivity index (χ1) is 7.54. The number of aromatic carboxylic acids is 1. The van der Waals surface area contributed by atoms with Crippen LogP contribution < -0.4 is 5.32 Å². The Labute approximate surface area is 99.4 Å². The summed E-state index contributed by atoms with van der Waals surface area (Å²) in [6.07, 6.45) is 5.70. The maximum absolute atomic E-state index is 10.9. The second-order valence-electron chi connectivity index (χ2n) is 3.45. The summed E-state index contributed by atoms with van der Waals surface area (Å²) < 4.78 is 0. The van der Waals surface area contributed by atoms with E-state index < -0.39 is 5.97 Å². The molecule has 0 bridgehead atoms. The van der Waals surface area contributed by atoms with Gasteiger partial charge in [0.2, 0.25) is 0 Å². The second kappa shape index (κ2) is 5.43. The van der Waals surface area contributed by atoms with E-state index in [1.807, 2.05) is 6.92 Å². The standard InChI is InChI=1S/C12H12ClNO2/c1-3-4-8(2)14-11-7-9(13)5-6-10(11)12(15)16/h1,5-8,14H,4H2,2H3,(H,15,16). The first-order valence-electron chi connectivity index (χ1n) is 4.77. The van der Waals surface area contributed by atoms with Crippen molar-refractivity contribution in [1.29, 1.82) is 0 Å². The van der Waals surface area contributed by atoms with E-state index in [1.165, 1.54) is 6.07 Å². The molecule has 1 aromatic carbocycles. The van der Waals surface area contributed by atoms with Crippen molar-refractivity contribution in [3.63, 3.8) is 0 Å². The molecule has 0 aliphatic rings. The Balaban J connectivity index is 2.97. The summed E-state index contributed by atoms with van der Waals surface area (Å²) in [7, 11) is 0. The minimum Gasteiger partial charge on any atom is -0.478 e. The lowest BCUT2D eigenvalue weighted by Gasteiger charge is -2.14. The molecule has 0 aliphatic heterocycles. The molecular weight excluding hydrogens is 226 g/mol. The fourth-order valence-corrected chi connectivity index (χ4v) is 1.49. The molecule has 84 valence electrons. The lowest BCUT2D eigenvalue weighted by molar-refractivity contribution is 0.0698. The minimum absolute atomic E-state index is 0.00145. The van der Waals surface area contributed by atoms with Crippen LogP contribution in [0.3, 0.4) is 0 Å². The maximum atomic E-state index is 10.9. The van der Waals surface area contributed by atoms with Crippen molar-refractivity contribution in [1.82, 2.24) is 0 Å². The fraction of sp³-hybridized carbons (Fsp3) is 0.250. The third-order valence-corrected chi connectivity index (χ3v) is 2.27. The van der Waals surface area contributed by atoms with Crippen LogP contribution in [0.4, 0.5) is 5.69 Å². The molecule has 2 N–H and O–H groups in total. The van der Waals surface area contributed by atoms with Crippen LogP contribution in [0.1, 0.15) is 23.7 Å². The molecule has 1 rings (SSSR count). The van der Waals surface area contributed by atoms with Crippen molar-refractivity contribution < 1.29 is 9.90 Å². The fourth-order valence-electron chi connectivity index (χ4n) is 1.32. The summed E-state index contributed by atoms with van der Waals surface area (Å²) in [6, 6.07) is 4.59. The zero-order valence-electron chi connectivity index (χ0n) is 8.83. The number of rotatable bonds is 4. The van der Waals surface area contributed by atoms with E-state index in [0.29, 0.717) is 17.1 Å². The van der Waals surface area contributed by atoms with Gasteiger partial charge in [0.25, 0.3) is 0 Å². The number of hydrogen-bond acceptors (Lipinski definition) is 2. The Morgan fingerprint density at radius 2 is 2.38 bits per heavy atom. The van der Waals surface area contributed by atoms with Gasteiger partial charge in [-0.25, -0.2) is 4.79 Å².